The number of nitrogens with one attached hydrogen (secondary N) is 1. The third-order valence-electron chi connectivity index (χ3n) is 6.23. The van der Waals surface area contributed by atoms with Crippen molar-refractivity contribution in [3.8, 4) is 16.4 Å². The lowest BCUT2D eigenvalue weighted by Gasteiger charge is -2.20. The van der Waals surface area contributed by atoms with E-state index in [2.05, 4.69) is 40.9 Å². The first-order chi connectivity index (χ1) is 16.1. The molecule has 0 spiro atoms. The van der Waals surface area contributed by atoms with Crippen molar-refractivity contribution in [3.63, 3.8) is 0 Å². The van der Waals surface area contributed by atoms with Gasteiger partial charge in [0.15, 0.2) is 22.1 Å². The lowest BCUT2D eigenvalue weighted by molar-refractivity contribution is 0.0511. The normalized spacial score (nSPS) is 13.7. The highest BCUT2D eigenvalue weighted by Gasteiger charge is 2.38. The minimum Gasteiger partial charge on any atom is -0.493 e. The summed E-state index contributed by atoms with van der Waals surface area (Å²) in [5.74, 6) is 1.12. The molecule has 4 rings (SSSR count). The standard InChI is InChI=1S/C25H34N3O4S/c1-6-27(7-2)16-28-15-19-18-10-9-13-26-24(18)33(23(19)22(28)25(29)32-8-3)17-11-12-20(30-4)21(14-17)31-5/h11-12,14-15,26H,6-10,13,16H2,1-5H3/q+1. The van der Waals surface area contributed by atoms with E-state index in [0.29, 0.717) is 30.5 Å². The van der Waals surface area contributed by atoms with Gasteiger partial charge in [-0.15, -0.1) is 0 Å². The fraction of sp³-hybridized carbons (Fsp3) is 0.480. The number of carbonyl (C=O) groups excluding carboxylic acids is 1. The maximum absolute atomic E-state index is 13.3. The number of carbonyl (C=O) groups is 1. The number of ether oxygens (including phenoxy) is 3. The van der Waals surface area contributed by atoms with Gasteiger partial charge in [-0.1, -0.05) is 13.8 Å². The van der Waals surface area contributed by atoms with Gasteiger partial charge in [0.1, 0.15) is 0 Å². The van der Waals surface area contributed by atoms with Crippen molar-refractivity contribution >= 4 is 31.5 Å². The van der Waals surface area contributed by atoms with E-state index in [1.165, 1.54) is 16.0 Å². The zero-order valence-electron chi connectivity index (χ0n) is 20.2. The van der Waals surface area contributed by atoms with Crippen molar-refractivity contribution in [3.05, 3.63) is 35.7 Å². The molecule has 0 aliphatic carbocycles. The summed E-state index contributed by atoms with van der Waals surface area (Å²) in [6, 6.07) is 6.06. The molecule has 3 heterocycles. The van der Waals surface area contributed by atoms with Crippen LogP contribution in [0.25, 0.3) is 15.0 Å². The second-order valence-corrected chi connectivity index (χ2v) is 9.92. The Balaban J connectivity index is 2.01. The van der Waals surface area contributed by atoms with Crippen LogP contribution < -0.4 is 14.8 Å². The zero-order chi connectivity index (χ0) is 23.5. The van der Waals surface area contributed by atoms with Crippen LogP contribution in [0.2, 0.25) is 0 Å². The van der Waals surface area contributed by atoms with E-state index in [9.17, 15) is 4.79 Å². The Bertz CT molecular complexity index is 1150. The van der Waals surface area contributed by atoms with Crippen molar-refractivity contribution < 1.29 is 19.0 Å². The fourth-order valence-corrected chi connectivity index (χ4v) is 7.14. The van der Waals surface area contributed by atoms with E-state index in [1.54, 1.807) is 14.2 Å². The molecule has 0 amide bonds. The van der Waals surface area contributed by atoms with E-state index in [0.717, 1.165) is 42.1 Å². The highest BCUT2D eigenvalue weighted by atomic mass is 32.2. The van der Waals surface area contributed by atoms with Crippen LogP contribution >= 0.6 is 10.5 Å². The monoisotopic (exact) mass is 472 g/mol. The molecule has 0 bridgehead atoms. The number of aromatic nitrogens is 1. The summed E-state index contributed by atoms with van der Waals surface area (Å²) in [4.78, 5) is 16.7. The number of thiophene rings is 1. The van der Waals surface area contributed by atoms with Crippen LogP contribution in [0.15, 0.2) is 24.4 Å². The Morgan fingerprint density at radius 1 is 1.15 bits per heavy atom. The number of nitrogens with zero attached hydrogens (tertiary/aromatic N) is 2. The van der Waals surface area contributed by atoms with Gasteiger partial charge in [-0.3, -0.25) is 4.90 Å². The van der Waals surface area contributed by atoms with E-state index < -0.39 is 10.5 Å². The summed E-state index contributed by atoms with van der Waals surface area (Å²) < 4.78 is 19.8. The molecular formula is C25H34N3O4S+. The van der Waals surface area contributed by atoms with Gasteiger partial charge < -0.3 is 24.1 Å². The summed E-state index contributed by atoms with van der Waals surface area (Å²) in [6.45, 7) is 9.92. The first-order valence-corrected chi connectivity index (χ1v) is 12.9. The van der Waals surface area contributed by atoms with Gasteiger partial charge in [0, 0.05) is 30.4 Å². The van der Waals surface area contributed by atoms with Gasteiger partial charge in [0.05, 0.1) is 43.4 Å². The van der Waals surface area contributed by atoms with Crippen LogP contribution in [0.1, 0.15) is 43.2 Å². The number of benzene rings is 1. The van der Waals surface area contributed by atoms with Crippen molar-refractivity contribution in [2.24, 2.45) is 0 Å². The molecule has 1 N–H and O–H groups in total. The molecule has 33 heavy (non-hydrogen) atoms. The molecule has 1 atom stereocenters. The number of rotatable bonds is 9. The molecule has 178 valence electrons. The lowest BCUT2D eigenvalue weighted by Crippen LogP contribution is -2.27. The minimum absolute atomic E-state index is 0.260. The summed E-state index contributed by atoms with van der Waals surface area (Å²) in [7, 11) is 2.85. The molecule has 0 fully saturated rings. The number of fused-ring (bicyclic) bond motifs is 3. The zero-order valence-corrected chi connectivity index (χ0v) is 21.0. The average Bonchev–Trinajstić information content (AvgIpc) is 3.36. The smallest absolute Gasteiger partial charge is 0.360 e. The third-order valence-corrected chi connectivity index (χ3v) is 8.58. The predicted octanol–water partition coefficient (Wildman–Crippen LogP) is 5.23. The van der Waals surface area contributed by atoms with E-state index in [4.69, 9.17) is 14.2 Å². The predicted molar refractivity (Wildman–Crippen MR) is 135 cm³/mol. The highest BCUT2D eigenvalue weighted by Crippen LogP contribution is 2.55. The molecule has 0 saturated carbocycles. The summed E-state index contributed by atoms with van der Waals surface area (Å²) in [6.07, 6.45) is 4.25. The number of hydrogen-bond donors (Lipinski definition) is 1. The number of aryl methyl sites for hydroxylation is 1. The van der Waals surface area contributed by atoms with Crippen molar-refractivity contribution in [1.82, 2.24) is 9.47 Å². The molecule has 1 aromatic carbocycles. The molecule has 0 radical (unpaired) electrons. The number of hydrogen-bond acceptors (Lipinski definition) is 6. The third kappa shape index (κ3) is 4.17. The molecule has 0 saturated heterocycles. The largest absolute Gasteiger partial charge is 0.493 e. The van der Waals surface area contributed by atoms with Gasteiger partial charge in [0.25, 0.3) is 5.00 Å². The molecule has 1 aliphatic rings. The maximum Gasteiger partial charge on any atom is 0.360 e. The number of anilines is 1. The second kappa shape index (κ2) is 10.1. The molecule has 7 nitrogen and oxygen atoms in total. The fourth-order valence-electron chi connectivity index (χ4n) is 4.54. The quantitative estimate of drug-likeness (QED) is 0.340. The second-order valence-electron chi connectivity index (χ2n) is 8.02. The van der Waals surface area contributed by atoms with Crippen molar-refractivity contribution in [2.75, 3.05) is 45.8 Å². The topological polar surface area (TPSA) is 65.0 Å². The Morgan fingerprint density at radius 3 is 2.58 bits per heavy atom. The minimum atomic E-state index is -0.445. The Hall–Kier alpha value is -2.71. The van der Waals surface area contributed by atoms with Crippen LogP contribution in [0.3, 0.4) is 0 Å². The number of methoxy groups -OCH3 is 2. The van der Waals surface area contributed by atoms with Crippen LogP contribution in [0.5, 0.6) is 11.5 Å². The van der Waals surface area contributed by atoms with Gasteiger partial charge in [-0.25, -0.2) is 4.79 Å². The average molecular weight is 473 g/mol. The van der Waals surface area contributed by atoms with Crippen molar-refractivity contribution in [2.45, 2.75) is 40.3 Å². The van der Waals surface area contributed by atoms with Gasteiger partial charge in [0.2, 0.25) is 4.70 Å². The maximum atomic E-state index is 13.3. The Kier molecular flexibility index (Phi) is 7.14. The summed E-state index contributed by atoms with van der Waals surface area (Å²) in [5, 5.41) is 6.05. The van der Waals surface area contributed by atoms with Gasteiger partial charge >= 0.3 is 5.97 Å². The molecular weight excluding hydrogens is 438 g/mol. The molecule has 8 heteroatoms. The number of esters is 1. The molecule has 2 aromatic heterocycles. The SMILES string of the molecule is CCOC(=O)c1c2c(cn1CN(CC)CC)c1c([s+]2-c2ccc(OC)c(OC)c2)NCCC1. The summed E-state index contributed by atoms with van der Waals surface area (Å²) >= 11 is 0. The van der Waals surface area contributed by atoms with Gasteiger partial charge in [-0.2, -0.15) is 0 Å². The summed E-state index contributed by atoms with van der Waals surface area (Å²) in [5.41, 5.74) is 1.98. The Morgan fingerprint density at radius 2 is 1.91 bits per heavy atom. The lowest BCUT2D eigenvalue weighted by atomic mass is 10.1. The molecule has 1 aliphatic heterocycles. The molecule has 3 aromatic rings. The highest BCUT2D eigenvalue weighted by molar-refractivity contribution is 7.48. The van der Waals surface area contributed by atoms with Crippen LogP contribution in [0, 0.1) is 0 Å². The van der Waals surface area contributed by atoms with Crippen LogP contribution in [0.4, 0.5) is 5.00 Å². The van der Waals surface area contributed by atoms with E-state index in [-0.39, 0.29) is 5.97 Å². The Labute approximate surface area is 198 Å². The van der Waals surface area contributed by atoms with E-state index in [1.807, 2.05) is 19.1 Å². The van der Waals surface area contributed by atoms with Crippen LogP contribution in [-0.4, -0.2) is 55.9 Å². The van der Waals surface area contributed by atoms with Gasteiger partial charge in [-0.05, 0) is 38.9 Å². The van der Waals surface area contributed by atoms with Crippen molar-refractivity contribution in [1.29, 1.82) is 0 Å². The van der Waals surface area contributed by atoms with E-state index >= 15 is 0 Å². The van der Waals surface area contributed by atoms with Crippen LogP contribution in [-0.2, 0) is 17.8 Å². The first-order valence-electron chi connectivity index (χ1n) is 11.6. The first kappa shape index (κ1) is 23.4. The molecule has 1 unspecified atom stereocenters.